The summed E-state index contributed by atoms with van der Waals surface area (Å²) in [6.45, 7) is 7.49. The van der Waals surface area contributed by atoms with E-state index in [4.69, 9.17) is 0 Å². The predicted octanol–water partition coefficient (Wildman–Crippen LogP) is 2.37. The number of thiazole rings is 1. The molecule has 1 rings (SSSR count). The summed E-state index contributed by atoms with van der Waals surface area (Å²) in [6.07, 6.45) is 1.16. The maximum atomic E-state index is 4.51. The molecular weight excluding hydrogens is 180 g/mol. The second kappa shape index (κ2) is 4.72. The van der Waals surface area contributed by atoms with Gasteiger partial charge in [0, 0.05) is 11.4 Å². The zero-order chi connectivity index (χ0) is 9.84. The number of hydrogen-bond acceptors (Lipinski definition) is 3. The summed E-state index contributed by atoms with van der Waals surface area (Å²) >= 11 is 1.84. The van der Waals surface area contributed by atoms with Crippen LogP contribution in [0.4, 0.5) is 0 Å². The Hall–Kier alpha value is -0.410. The van der Waals surface area contributed by atoms with Gasteiger partial charge in [-0.1, -0.05) is 13.8 Å². The van der Waals surface area contributed by atoms with Crippen LogP contribution in [0.1, 0.15) is 29.4 Å². The van der Waals surface area contributed by atoms with E-state index in [1.54, 1.807) is 0 Å². The molecular formula is C10H18N2S. The molecule has 1 N–H and O–H groups in total. The van der Waals surface area contributed by atoms with Gasteiger partial charge >= 0.3 is 0 Å². The first kappa shape index (κ1) is 10.7. The Bertz CT molecular complexity index is 266. The van der Waals surface area contributed by atoms with E-state index in [-0.39, 0.29) is 0 Å². The molecule has 1 aromatic heterocycles. The Morgan fingerprint density at radius 2 is 2.15 bits per heavy atom. The largest absolute Gasteiger partial charge is 0.314 e. The molecule has 0 atom stereocenters. The van der Waals surface area contributed by atoms with Crippen molar-refractivity contribution in [2.75, 3.05) is 7.05 Å². The molecule has 0 aromatic carbocycles. The van der Waals surface area contributed by atoms with Gasteiger partial charge in [-0.25, -0.2) is 4.98 Å². The molecule has 0 aliphatic rings. The van der Waals surface area contributed by atoms with Crippen molar-refractivity contribution < 1.29 is 0 Å². The Morgan fingerprint density at radius 3 is 2.69 bits per heavy atom. The Balaban J connectivity index is 2.71. The smallest absolute Gasteiger partial charge is 0.107 e. The summed E-state index contributed by atoms with van der Waals surface area (Å²) in [5.41, 5.74) is 1.21. The van der Waals surface area contributed by atoms with Crippen LogP contribution in [0.5, 0.6) is 0 Å². The average Bonchev–Trinajstić information content (AvgIpc) is 2.31. The van der Waals surface area contributed by atoms with Gasteiger partial charge in [-0.2, -0.15) is 0 Å². The quantitative estimate of drug-likeness (QED) is 0.803. The fraction of sp³-hybridized carbons (Fsp3) is 0.700. The second-order valence-electron chi connectivity index (χ2n) is 3.74. The zero-order valence-corrected chi connectivity index (χ0v) is 9.66. The molecule has 2 nitrogen and oxygen atoms in total. The van der Waals surface area contributed by atoms with E-state index in [1.807, 2.05) is 18.4 Å². The van der Waals surface area contributed by atoms with Crippen LogP contribution in [0.3, 0.4) is 0 Å². The van der Waals surface area contributed by atoms with Crippen molar-refractivity contribution in [2.24, 2.45) is 5.92 Å². The third kappa shape index (κ3) is 3.08. The molecule has 74 valence electrons. The van der Waals surface area contributed by atoms with Gasteiger partial charge in [0.1, 0.15) is 5.01 Å². The molecule has 1 heterocycles. The van der Waals surface area contributed by atoms with Gasteiger partial charge in [-0.15, -0.1) is 11.3 Å². The maximum Gasteiger partial charge on any atom is 0.107 e. The van der Waals surface area contributed by atoms with E-state index in [2.05, 4.69) is 31.1 Å². The molecule has 0 aliphatic heterocycles. The topological polar surface area (TPSA) is 24.9 Å². The Morgan fingerprint density at radius 1 is 1.46 bits per heavy atom. The lowest BCUT2D eigenvalue weighted by atomic mass is 10.1. The van der Waals surface area contributed by atoms with Gasteiger partial charge in [-0.3, -0.25) is 0 Å². The summed E-state index contributed by atoms with van der Waals surface area (Å²) in [6, 6.07) is 0. The van der Waals surface area contributed by atoms with E-state index >= 15 is 0 Å². The summed E-state index contributed by atoms with van der Waals surface area (Å²) in [4.78, 5) is 5.95. The third-order valence-corrected chi connectivity index (χ3v) is 3.04. The molecule has 0 bridgehead atoms. The molecule has 0 amide bonds. The average molecular weight is 198 g/mol. The number of nitrogens with zero attached hydrogens (tertiary/aromatic N) is 1. The summed E-state index contributed by atoms with van der Waals surface area (Å²) in [5.74, 6) is 0.724. The van der Waals surface area contributed by atoms with E-state index in [1.165, 1.54) is 15.6 Å². The van der Waals surface area contributed by atoms with Gasteiger partial charge in [0.2, 0.25) is 0 Å². The van der Waals surface area contributed by atoms with Crippen LogP contribution in [-0.2, 0) is 13.0 Å². The number of aromatic nitrogens is 1. The van der Waals surface area contributed by atoms with Crippen molar-refractivity contribution in [3.8, 4) is 0 Å². The predicted molar refractivity (Wildman–Crippen MR) is 58.2 cm³/mol. The molecule has 0 fully saturated rings. The molecule has 0 saturated carbocycles. The van der Waals surface area contributed by atoms with E-state index in [9.17, 15) is 0 Å². The SMILES string of the molecule is CNCc1nc(C)c(CC(C)C)s1. The number of nitrogens with one attached hydrogen (secondary N) is 1. The van der Waals surface area contributed by atoms with Crippen LogP contribution >= 0.6 is 11.3 Å². The highest BCUT2D eigenvalue weighted by atomic mass is 32.1. The van der Waals surface area contributed by atoms with Crippen LogP contribution < -0.4 is 5.32 Å². The molecule has 0 unspecified atom stereocenters. The van der Waals surface area contributed by atoms with Crippen LogP contribution in [0.15, 0.2) is 0 Å². The first-order valence-corrected chi connectivity index (χ1v) is 5.55. The fourth-order valence-electron chi connectivity index (χ4n) is 1.28. The van der Waals surface area contributed by atoms with Crippen LogP contribution in [0, 0.1) is 12.8 Å². The molecule has 0 radical (unpaired) electrons. The molecule has 13 heavy (non-hydrogen) atoms. The minimum atomic E-state index is 0.724. The van der Waals surface area contributed by atoms with Crippen molar-refractivity contribution in [2.45, 2.75) is 33.7 Å². The Labute approximate surface area is 84.4 Å². The van der Waals surface area contributed by atoms with Crippen molar-refractivity contribution in [1.82, 2.24) is 10.3 Å². The van der Waals surface area contributed by atoms with Gasteiger partial charge in [0.05, 0.1) is 5.69 Å². The normalized spacial score (nSPS) is 11.2. The molecule has 3 heteroatoms. The van der Waals surface area contributed by atoms with Gasteiger partial charge in [0.25, 0.3) is 0 Å². The fourth-order valence-corrected chi connectivity index (χ4v) is 2.57. The standard InChI is InChI=1S/C10H18N2S/c1-7(2)5-9-8(3)12-10(13-9)6-11-4/h7,11H,5-6H2,1-4H3. The minimum absolute atomic E-state index is 0.724. The lowest BCUT2D eigenvalue weighted by molar-refractivity contribution is 0.651. The van der Waals surface area contributed by atoms with Crippen LogP contribution in [0.25, 0.3) is 0 Å². The van der Waals surface area contributed by atoms with Crippen molar-refractivity contribution in [3.05, 3.63) is 15.6 Å². The number of rotatable bonds is 4. The molecule has 0 spiro atoms. The number of aryl methyl sites for hydroxylation is 1. The third-order valence-electron chi connectivity index (χ3n) is 1.86. The van der Waals surface area contributed by atoms with E-state index in [0.717, 1.165) is 18.9 Å². The first-order valence-electron chi connectivity index (χ1n) is 4.73. The van der Waals surface area contributed by atoms with E-state index in [0.29, 0.717) is 0 Å². The van der Waals surface area contributed by atoms with Gasteiger partial charge in [0.15, 0.2) is 0 Å². The zero-order valence-electron chi connectivity index (χ0n) is 8.85. The van der Waals surface area contributed by atoms with Gasteiger partial charge < -0.3 is 5.32 Å². The molecule has 0 aliphatic carbocycles. The van der Waals surface area contributed by atoms with Crippen molar-refractivity contribution >= 4 is 11.3 Å². The van der Waals surface area contributed by atoms with Crippen molar-refractivity contribution in [1.29, 1.82) is 0 Å². The molecule has 0 saturated heterocycles. The van der Waals surface area contributed by atoms with E-state index < -0.39 is 0 Å². The monoisotopic (exact) mass is 198 g/mol. The van der Waals surface area contributed by atoms with Gasteiger partial charge in [-0.05, 0) is 26.3 Å². The first-order chi connectivity index (χ1) is 6.13. The molecule has 1 aromatic rings. The minimum Gasteiger partial charge on any atom is -0.314 e. The second-order valence-corrected chi connectivity index (χ2v) is 4.91. The van der Waals surface area contributed by atoms with Crippen LogP contribution in [-0.4, -0.2) is 12.0 Å². The number of hydrogen-bond donors (Lipinski definition) is 1. The lowest BCUT2D eigenvalue weighted by Gasteiger charge is -2.00. The summed E-state index contributed by atoms with van der Waals surface area (Å²) in [5, 5.41) is 4.33. The highest BCUT2D eigenvalue weighted by Crippen LogP contribution is 2.21. The lowest BCUT2D eigenvalue weighted by Crippen LogP contribution is -2.04. The highest BCUT2D eigenvalue weighted by Gasteiger charge is 2.07. The summed E-state index contributed by atoms with van der Waals surface area (Å²) < 4.78 is 0. The maximum absolute atomic E-state index is 4.51. The highest BCUT2D eigenvalue weighted by molar-refractivity contribution is 7.11. The summed E-state index contributed by atoms with van der Waals surface area (Å²) in [7, 11) is 1.96. The Kier molecular flexibility index (Phi) is 3.88. The van der Waals surface area contributed by atoms with Crippen LogP contribution in [0.2, 0.25) is 0 Å². The van der Waals surface area contributed by atoms with Crippen molar-refractivity contribution in [3.63, 3.8) is 0 Å².